The molecule has 3 heterocycles. The van der Waals surface area contributed by atoms with Crippen LogP contribution in [-0.4, -0.2) is 56.5 Å². The maximum absolute atomic E-state index is 11.6. The largest absolute Gasteiger partial charge is 0.372 e. The number of hydrogen-bond acceptors (Lipinski definition) is 6. The molecule has 124 valence electrons. The molecular weight excluding hydrogens is 300 g/mol. The Hall–Kier alpha value is -2.26. The lowest BCUT2D eigenvalue weighted by Crippen LogP contribution is -2.40. The number of carbonyl (C=O) groups is 1. The summed E-state index contributed by atoms with van der Waals surface area (Å²) in [5.74, 6) is -0.143. The van der Waals surface area contributed by atoms with Crippen LogP contribution in [0.2, 0.25) is 0 Å². The van der Waals surface area contributed by atoms with E-state index in [1.165, 1.54) is 0 Å². The van der Waals surface area contributed by atoms with E-state index >= 15 is 0 Å². The Morgan fingerprint density at radius 1 is 1.57 bits per heavy atom. The van der Waals surface area contributed by atoms with E-state index in [2.05, 4.69) is 20.7 Å². The Labute approximate surface area is 133 Å². The van der Waals surface area contributed by atoms with E-state index < -0.39 is 0 Å². The molecule has 1 atom stereocenters. The highest BCUT2D eigenvalue weighted by molar-refractivity contribution is 5.77. The predicted molar refractivity (Wildman–Crippen MR) is 80.3 cm³/mol. The van der Waals surface area contributed by atoms with E-state index in [9.17, 15) is 4.79 Å². The van der Waals surface area contributed by atoms with Crippen molar-refractivity contribution in [2.45, 2.75) is 26.2 Å². The topological polar surface area (TPSA) is 96.1 Å². The molecule has 9 heteroatoms. The first kappa shape index (κ1) is 15.6. The van der Waals surface area contributed by atoms with Crippen molar-refractivity contribution < 1.29 is 14.3 Å². The van der Waals surface area contributed by atoms with Crippen molar-refractivity contribution in [1.29, 1.82) is 0 Å². The van der Waals surface area contributed by atoms with Crippen LogP contribution in [0.3, 0.4) is 0 Å². The molecule has 2 aromatic heterocycles. The molecule has 0 spiro atoms. The van der Waals surface area contributed by atoms with Gasteiger partial charge in [-0.2, -0.15) is 5.10 Å². The first-order chi connectivity index (χ1) is 11.2. The zero-order valence-corrected chi connectivity index (χ0v) is 13.2. The molecule has 9 nitrogen and oxygen atoms in total. The van der Waals surface area contributed by atoms with Gasteiger partial charge < -0.3 is 14.8 Å². The van der Waals surface area contributed by atoms with Crippen molar-refractivity contribution in [3.63, 3.8) is 0 Å². The maximum Gasteiger partial charge on any atom is 0.246 e. The van der Waals surface area contributed by atoms with Crippen LogP contribution in [0.15, 0.2) is 12.3 Å². The van der Waals surface area contributed by atoms with Crippen LogP contribution in [0.25, 0.3) is 11.4 Å². The van der Waals surface area contributed by atoms with Gasteiger partial charge in [0.05, 0.1) is 30.6 Å². The van der Waals surface area contributed by atoms with Crippen molar-refractivity contribution in [3.05, 3.63) is 18.0 Å². The Balaban J connectivity index is 1.61. The summed E-state index contributed by atoms with van der Waals surface area (Å²) >= 11 is 0. The van der Waals surface area contributed by atoms with Crippen molar-refractivity contribution >= 4 is 5.91 Å². The normalized spacial score (nSPS) is 17.0. The van der Waals surface area contributed by atoms with E-state index in [1.54, 1.807) is 10.9 Å². The summed E-state index contributed by atoms with van der Waals surface area (Å²) in [6, 6.07) is 1.89. The lowest BCUT2D eigenvalue weighted by molar-refractivity contribution is -0.126. The van der Waals surface area contributed by atoms with Gasteiger partial charge in [0.15, 0.2) is 0 Å². The van der Waals surface area contributed by atoms with Crippen LogP contribution in [-0.2, 0) is 34.5 Å². The number of fused-ring (bicyclic) bond motifs is 1. The predicted octanol–water partition coefficient (Wildman–Crippen LogP) is -0.270. The van der Waals surface area contributed by atoms with Crippen LogP contribution in [0, 0.1) is 0 Å². The summed E-state index contributed by atoms with van der Waals surface area (Å²) in [4.78, 5) is 11.6. The minimum absolute atomic E-state index is 0.0719. The van der Waals surface area contributed by atoms with E-state index in [0.717, 1.165) is 17.1 Å². The molecule has 2 aromatic rings. The maximum atomic E-state index is 11.6. The highest BCUT2D eigenvalue weighted by Crippen LogP contribution is 2.24. The molecular formula is C14H20N6O3. The van der Waals surface area contributed by atoms with Gasteiger partial charge in [-0.15, -0.1) is 5.10 Å². The van der Waals surface area contributed by atoms with Crippen molar-refractivity contribution in [1.82, 2.24) is 30.1 Å². The molecule has 3 rings (SSSR count). The van der Waals surface area contributed by atoms with Crippen LogP contribution in [0.1, 0.15) is 12.6 Å². The Morgan fingerprint density at radius 2 is 2.43 bits per heavy atom. The first-order valence-corrected chi connectivity index (χ1v) is 7.55. The Kier molecular flexibility index (Phi) is 4.68. The third-order valence-corrected chi connectivity index (χ3v) is 3.70. The van der Waals surface area contributed by atoms with E-state index in [0.29, 0.717) is 26.3 Å². The van der Waals surface area contributed by atoms with Crippen LogP contribution < -0.4 is 5.32 Å². The fourth-order valence-corrected chi connectivity index (χ4v) is 2.47. The second-order valence-electron chi connectivity index (χ2n) is 5.28. The number of amides is 1. The fraction of sp³-hybridized carbons (Fsp3) is 0.571. The van der Waals surface area contributed by atoms with Crippen molar-refractivity contribution in [2.24, 2.45) is 7.05 Å². The number of rotatable bonds is 6. The number of aromatic nitrogens is 5. The quantitative estimate of drug-likeness (QED) is 0.787. The molecule has 0 fully saturated rings. The van der Waals surface area contributed by atoms with Crippen molar-refractivity contribution in [2.75, 3.05) is 19.8 Å². The number of nitrogens with zero attached hydrogens (tertiary/aromatic N) is 5. The minimum Gasteiger partial charge on any atom is -0.372 e. The molecule has 0 saturated heterocycles. The molecule has 1 amide bonds. The third kappa shape index (κ3) is 3.40. The van der Waals surface area contributed by atoms with Gasteiger partial charge in [0.25, 0.3) is 0 Å². The van der Waals surface area contributed by atoms with Gasteiger partial charge in [0, 0.05) is 26.4 Å². The van der Waals surface area contributed by atoms with Gasteiger partial charge in [-0.3, -0.25) is 9.48 Å². The Bertz CT molecular complexity index is 680. The summed E-state index contributed by atoms with van der Waals surface area (Å²) in [5.41, 5.74) is 2.60. The summed E-state index contributed by atoms with van der Waals surface area (Å²) in [7, 11) is 1.86. The molecule has 23 heavy (non-hydrogen) atoms. The van der Waals surface area contributed by atoms with Crippen LogP contribution in [0.5, 0.6) is 0 Å². The SMILES string of the molecule is CCOCC(=O)NCC1Cn2nnc(-c3ccnn3C)c2CO1. The van der Waals surface area contributed by atoms with Gasteiger partial charge in [0.1, 0.15) is 12.3 Å². The molecule has 0 radical (unpaired) electrons. The van der Waals surface area contributed by atoms with Gasteiger partial charge in [0.2, 0.25) is 5.91 Å². The number of carbonyl (C=O) groups excluding carboxylic acids is 1. The summed E-state index contributed by atoms with van der Waals surface area (Å²) in [5, 5.41) is 15.4. The highest BCUT2D eigenvalue weighted by Gasteiger charge is 2.25. The highest BCUT2D eigenvalue weighted by atomic mass is 16.5. The van der Waals surface area contributed by atoms with Gasteiger partial charge in [-0.25, -0.2) is 4.68 Å². The second-order valence-corrected chi connectivity index (χ2v) is 5.28. The number of aryl methyl sites for hydroxylation is 1. The monoisotopic (exact) mass is 320 g/mol. The number of ether oxygens (including phenoxy) is 2. The molecule has 1 aliphatic heterocycles. The van der Waals surface area contributed by atoms with Gasteiger partial charge >= 0.3 is 0 Å². The smallest absolute Gasteiger partial charge is 0.246 e. The summed E-state index contributed by atoms with van der Waals surface area (Å²) in [6.45, 7) is 3.82. The Morgan fingerprint density at radius 3 is 3.17 bits per heavy atom. The fourth-order valence-electron chi connectivity index (χ4n) is 2.47. The first-order valence-electron chi connectivity index (χ1n) is 7.55. The third-order valence-electron chi connectivity index (χ3n) is 3.70. The van der Waals surface area contributed by atoms with E-state index in [1.807, 2.05) is 24.7 Å². The molecule has 1 unspecified atom stereocenters. The molecule has 1 N–H and O–H groups in total. The number of hydrogen-bond donors (Lipinski definition) is 1. The zero-order valence-electron chi connectivity index (χ0n) is 13.2. The molecule has 1 aliphatic rings. The van der Waals surface area contributed by atoms with Crippen molar-refractivity contribution in [3.8, 4) is 11.4 Å². The standard InChI is InChI=1S/C14H20N6O3/c1-3-22-9-13(21)15-6-10-7-20-12(8-23-10)14(17-18-20)11-4-5-16-19(11)2/h4-5,10H,3,6-9H2,1-2H3,(H,15,21). The zero-order chi connectivity index (χ0) is 16.2. The second kappa shape index (κ2) is 6.88. The average Bonchev–Trinajstić information content (AvgIpc) is 3.16. The molecule has 0 aromatic carbocycles. The van der Waals surface area contributed by atoms with E-state index in [-0.39, 0.29) is 18.6 Å². The lowest BCUT2D eigenvalue weighted by Gasteiger charge is -2.24. The van der Waals surface area contributed by atoms with Gasteiger partial charge in [-0.1, -0.05) is 5.21 Å². The van der Waals surface area contributed by atoms with Gasteiger partial charge in [-0.05, 0) is 13.0 Å². The summed E-state index contributed by atoms with van der Waals surface area (Å²) in [6.07, 6.45) is 1.59. The van der Waals surface area contributed by atoms with Crippen LogP contribution >= 0.6 is 0 Å². The van der Waals surface area contributed by atoms with Crippen LogP contribution in [0.4, 0.5) is 0 Å². The minimum atomic E-state index is -0.143. The molecule has 0 bridgehead atoms. The molecule has 0 saturated carbocycles. The average molecular weight is 320 g/mol. The summed E-state index contributed by atoms with van der Waals surface area (Å²) < 4.78 is 14.4. The lowest BCUT2D eigenvalue weighted by atomic mass is 10.2. The molecule has 0 aliphatic carbocycles. The van der Waals surface area contributed by atoms with E-state index in [4.69, 9.17) is 9.47 Å². The number of nitrogens with one attached hydrogen (secondary N) is 1.